The van der Waals surface area contributed by atoms with Gasteiger partial charge in [-0.3, -0.25) is 14.4 Å². The van der Waals surface area contributed by atoms with Crippen LogP contribution in [-0.2, 0) is 19.1 Å². The van der Waals surface area contributed by atoms with E-state index < -0.39 is 29.0 Å². The van der Waals surface area contributed by atoms with E-state index in [9.17, 15) is 24.3 Å². The number of hydrogen-bond acceptors (Lipinski definition) is 6. The summed E-state index contributed by atoms with van der Waals surface area (Å²) >= 11 is 1.29. The number of nitrogens with one attached hydrogen (secondary N) is 2. The van der Waals surface area contributed by atoms with Crippen molar-refractivity contribution in [3.05, 3.63) is 102 Å². The van der Waals surface area contributed by atoms with E-state index >= 15 is 0 Å². The third-order valence-corrected chi connectivity index (χ3v) is 7.62. The lowest BCUT2D eigenvalue weighted by molar-refractivity contribution is -0.146. The number of carbonyl (C=O) groups is 4. The van der Waals surface area contributed by atoms with E-state index in [2.05, 4.69) is 10.6 Å². The Balaban J connectivity index is 1.55. The van der Waals surface area contributed by atoms with Crippen molar-refractivity contribution in [2.45, 2.75) is 23.0 Å². The second kappa shape index (κ2) is 12.9. The van der Waals surface area contributed by atoms with Crippen LogP contribution in [0.5, 0.6) is 0 Å². The minimum atomic E-state index is -0.991. The van der Waals surface area contributed by atoms with E-state index in [0.29, 0.717) is 24.2 Å². The smallest absolute Gasteiger partial charge is 0.339 e. The van der Waals surface area contributed by atoms with Gasteiger partial charge in [-0.25, -0.2) is 4.79 Å². The number of methoxy groups -OCH3 is 1. The molecule has 0 fully saturated rings. The number of allylic oxidation sites excluding steroid dienone is 2. The van der Waals surface area contributed by atoms with Gasteiger partial charge in [0.15, 0.2) is 0 Å². The Labute approximate surface area is 230 Å². The average molecular weight is 545 g/mol. The summed E-state index contributed by atoms with van der Waals surface area (Å²) in [5.74, 6) is -3.68. The molecule has 1 aliphatic carbocycles. The monoisotopic (exact) mass is 544 g/mol. The SMILES string of the molecule is COC(=O)c1ccccc1NC(=O)C(Sc1cccc(NC(=O)C2CC=CCC2C(=O)O)c1)c1ccccc1. The second-order valence-electron chi connectivity index (χ2n) is 8.95. The number of esters is 1. The topological polar surface area (TPSA) is 122 Å². The fourth-order valence-corrected chi connectivity index (χ4v) is 5.46. The molecule has 39 heavy (non-hydrogen) atoms. The number of thioether (sulfide) groups is 1. The van der Waals surface area contributed by atoms with E-state index in [4.69, 9.17) is 4.74 Å². The molecule has 0 aliphatic heterocycles. The molecule has 4 rings (SSSR count). The van der Waals surface area contributed by atoms with Crippen molar-refractivity contribution < 1.29 is 29.0 Å². The average Bonchev–Trinajstić information content (AvgIpc) is 2.96. The number of para-hydroxylation sites is 1. The molecule has 0 bridgehead atoms. The van der Waals surface area contributed by atoms with E-state index in [1.165, 1.54) is 18.9 Å². The Bertz CT molecular complexity index is 1390. The molecule has 0 heterocycles. The van der Waals surface area contributed by atoms with Gasteiger partial charge in [-0.1, -0.05) is 60.7 Å². The molecule has 3 aromatic rings. The molecule has 0 radical (unpaired) electrons. The number of anilines is 2. The number of amides is 2. The molecule has 9 heteroatoms. The number of aliphatic carboxylic acids is 1. The Morgan fingerprint density at radius 2 is 1.56 bits per heavy atom. The summed E-state index contributed by atoms with van der Waals surface area (Å²) in [6.07, 6.45) is 4.30. The van der Waals surface area contributed by atoms with Crippen molar-refractivity contribution in [3.63, 3.8) is 0 Å². The van der Waals surface area contributed by atoms with Crippen molar-refractivity contribution in [1.82, 2.24) is 0 Å². The maximum absolute atomic E-state index is 13.5. The first-order valence-corrected chi connectivity index (χ1v) is 13.2. The van der Waals surface area contributed by atoms with Crippen molar-refractivity contribution in [3.8, 4) is 0 Å². The highest BCUT2D eigenvalue weighted by molar-refractivity contribution is 8.00. The maximum Gasteiger partial charge on any atom is 0.339 e. The summed E-state index contributed by atoms with van der Waals surface area (Å²) in [4.78, 5) is 51.0. The summed E-state index contributed by atoms with van der Waals surface area (Å²) in [5.41, 5.74) is 1.84. The van der Waals surface area contributed by atoms with Gasteiger partial charge < -0.3 is 20.5 Å². The van der Waals surface area contributed by atoms with Gasteiger partial charge in [-0.2, -0.15) is 0 Å². The van der Waals surface area contributed by atoms with E-state index in [0.717, 1.165) is 10.5 Å². The van der Waals surface area contributed by atoms with Gasteiger partial charge in [0.2, 0.25) is 11.8 Å². The molecule has 2 amide bonds. The minimum Gasteiger partial charge on any atom is -0.481 e. The van der Waals surface area contributed by atoms with E-state index in [1.807, 2.05) is 42.5 Å². The molecule has 200 valence electrons. The Hall–Kier alpha value is -4.37. The minimum absolute atomic E-state index is 0.243. The summed E-state index contributed by atoms with van der Waals surface area (Å²) < 4.78 is 4.84. The van der Waals surface area contributed by atoms with Crippen LogP contribution in [0.3, 0.4) is 0 Å². The first-order chi connectivity index (χ1) is 18.9. The zero-order valence-corrected chi connectivity index (χ0v) is 22.0. The van der Waals surface area contributed by atoms with Crippen LogP contribution in [0.15, 0.2) is 95.9 Å². The molecule has 3 atom stereocenters. The molecule has 0 aromatic heterocycles. The van der Waals surface area contributed by atoms with Gasteiger partial charge in [0.05, 0.1) is 30.2 Å². The van der Waals surface area contributed by atoms with Crippen molar-refractivity contribution in [2.75, 3.05) is 17.7 Å². The molecule has 3 N–H and O–H groups in total. The normalized spacial score (nSPS) is 17.1. The molecule has 8 nitrogen and oxygen atoms in total. The molecular weight excluding hydrogens is 516 g/mol. The highest BCUT2D eigenvalue weighted by atomic mass is 32.2. The third kappa shape index (κ3) is 6.94. The quantitative estimate of drug-likeness (QED) is 0.183. The maximum atomic E-state index is 13.5. The van der Waals surface area contributed by atoms with Crippen molar-refractivity contribution >= 4 is 46.9 Å². The number of ether oxygens (including phenoxy) is 1. The van der Waals surface area contributed by atoms with Gasteiger partial charge in [0, 0.05) is 10.6 Å². The number of carboxylic acid groups (broad SMARTS) is 1. The Kier molecular flexibility index (Phi) is 9.17. The van der Waals surface area contributed by atoms with Gasteiger partial charge >= 0.3 is 11.9 Å². The lowest BCUT2D eigenvalue weighted by Crippen LogP contribution is -2.34. The van der Waals surface area contributed by atoms with Crippen LogP contribution < -0.4 is 10.6 Å². The summed E-state index contributed by atoms with van der Waals surface area (Å²) in [5, 5.41) is 14.5. The summed E-state index contributed by atoms with van der Waals surface area (Å²) in [6, 6.07) is 22.9. The van der Waals surface area contributed by atoms with Gasteiger partial charge in [-0.15, -0.1) is 11.8 Å². The van der Waals surface area contributed by atoms with Crippen LogP contribution in [0, 0.1) is 11.8 Å². The second-order valence-corrected chi connectivity index (χ2v) is 10.1. The summed E-state index contributed by atoms with van der Waals surface area (Å²) in [6.45, 7) is 0. The number of hydrogen-bond donors (Lipinski definition) is 3. The standard InChI is InChI=1S/C30H28N2O6S/c1-38-30(37)24-16-7-8-17-25(24)32-28(34)26(19-10-3-2-4-11-19)39-21-13-9-12-20(18-21)31-27(33)22-14-5-6-15-23(22)29(35)36/h2-13,16-18,22-23,26H,14-15H2,1H3,(H,31,33)(H,32,34)(H,35,36). The molecule has 0 spiro atoms. The lowest BCUT2D eigenvalue weighted by Gasteiger charge is -2.24. The predicted octanol–water partition coefficient (Wildman–Crippen LogP) is 5.55. The first kappa shape index (κ1) is 27.7. The van der Waals surface area contributed by atoms with E-state index in [1.54, 1.807) is 48.5 Å². The van der Waals surface area contributed by atoms with E-state index in [-0.39, 0.29) is 17.4 Å². The summed E-state index contributed by atoms with van der Waals surface area (Å²) in [7, 11) is 1.28. The van der Waals surface area contributed by atoms with Crippen LogP contribution in [0.25, 0.3) is 0 Å². The number of rotatable bonds is 9. The highest BCUT2D eigenvalue weighted by Crippen LogP contribution is 2.38. The molecule has 3 unspecified atom stereocenters. The number of carbonyl (C=O) groups excluding carboxylic acids is 3. The molecular formula is C30H28N2O6S. The predicted molar refractivity (Wildman–Crippen MR) is 150 cm³/mol. The number of carboxylic acids is 1. The molecule has 3 aromatic carbocycles. The Morgan fingerprint density at radius 3 is 2.28 bits per heavy atom. The largest absolute Gasteiger partial charge is 0.481 e. The fourth-order valence-electron chi connectivity index (χ4n) is 4.37. The molecule has 0 saturated heterocycles. The zero-order chi connectivity index (χ0) is 27.8. The lowest BCUT2D eigenvalue weighted by atomic mass is 9.82. The van der Waals surface area contributed by atoms with Crippen LogP contribution in [0.2, 0.25) is 0 Å². The Morgan fingerprint density at radius 1 is 0.872 bits per heavy atom. The van der Waals surface area contributed by atoms with Crippen molar-refractivity contribution in [2.24, 2.45) is 11.8 Å². The van der Waals surface area contributed by atoms with Crippen LogP contribution in [0.4, 0.5) is 11.4 Å². The molecule has 1 aliphatic rings. The number of benzene rings is 3. The first-order valence-electron chi connectivity index (χ1n) is 12.4. The van der Waals surface area contributed by atoms with Crippen LogP contribution >= 0.6 is 11.8 Å². The van der Waals surface area contributed by atoms with Gasteiger partial charge in [-0.05, 0) is 48.7 Å². The van der Waals surface area contributed by atoms with Crippen LogP contribution in [-0.4, -0.2) is 36.0 Å². The van der Waals surface area contributed by atoms with Crippen LogP contribution in [0.1, 0.15) is 34.0 Å². The molecule has 0 saturated carbocycles. The van der Waals surface area contributed by atoms with Gasteiger partial charge in [0.25, 0.3) is 0 Å². The third-order valence-electron chi connectivity index (χ3n) is 6.37. The van der Waals surface area contributed by atoms with Crippen molar-refractivity contribution in [1.29, 1.82) is 0 Å². The van der Waals surface area contributed by atoms with Gasteiger partial charge in [0.1, 0.15) is 5.25 Å². The fraction of sp³-hybridized carbons (Fsp3) is 0.200. The zero-order valence-electron chi connectivity index (χ0n) is 21.2. The highest BCUT2D eigenvalue weighted by Gasteiger charge is 2.34.